The average molecular weight is 301 g/mol. The molecule has 1 saturated heterocycles. The lowest BCUT2D eigenvalue weighted by Gasteiger charge is -2.11. The number of hydrogen-bond acceptors (Lipinski definition) is 5. The quantitative estimate of drug-likeness (QED) is 0.618. The van der Waals surface area contributed by atoms with Crippen LogP contribution in [0.25, 0.3) is 0 Å². The van der Waals surface area contributed by atoms with Crippen molar-refractivity contribution in [2.24, 2.45) is 0 Å². The first-order chi connectivity index (χ1) is 10.7. The molecule has 0 spiro atoms. The first kappa shape index (κ1) is 15.9. The monoisotopic (exact) mass is 301 g/mol. The molecular weight excluding hydrogens is 282 g/mol. The van der Waals surface area contributed by atoms with E-state index in [0.717, 1.165) is 19.4 Å². The molecule has 1 amide bonds. The molecule has 1 aliphatic rings. The van der Waals surface area contributed by atoms with Crippen LogP contribution >= 0.6 is 0 Å². The van der Waals surface area contributed by atoms with Crippen LogP contribution in [0.15, 0.2) is 36.0 Å². The van der Waals surface area contributed by atoms with Gasteiger partial charge in [-0.25, -0.2) is 0 Å². The number of methoxy groups -OCH3 is 1. The van der Waals surface area contributed by atoms with Gasteiger partial charge in [-0.3, -0.25) is 4.79 Å². The van der Waals surface area contributed by atoms with Crippen molar-refractivity contribution in [1.82, 2.24) is 5.32 Å². The molecule has 0 radical (unpaired) electrons. The number of amides is 1. The van der Waals surface area contributed by atoms with E-state index in [4.69, 9.17) is 14.7 Å². The van der Waals surface area contributed by atoms with E-state index in [0.29, 0.717) is 18.0 Å². The number of benzene rings is 1. The van der Waals surface area contributed by atoms with Gasteiger partial charge in [-0.1, -0.05) is 12.1 Å². The van der Waals surface area contributed by atoms with Crippen LogP contribution in [0.2, 0.25) is 0 Å². The van der Waals surface area contributed by atoms with Crippen molar-refractivity contribution in [3.05, 3.63) is 36.0 Å². The molecule has 1 aromatic rings. The predicted octanol–water partition coefficient (Wildman–Crippen LogP) is 1.81. The number of hydrogen-bond donors (Lipinski definition) is 2. The van der Waals surface area contributed by atoms with Crippen molar-refractivity contribution in [3.63, 3.8) is 0 Å². The molecule has 1 aromatic carbocycles. The highest BCUT2D eigenvalue weighted by molar-refractivity contribution is 5.97. The van der Waals surface area contributed by atoms with Gasteiger partial charge in [0, 0.05) is 19.4 Å². The number of para-hydroxylation sites is 2. The Bertz CT molecular complexity index is 587. The molecule has 2 N–H and O–H groups in total. The number of carbonyl (C=O) groups is 1. The summed E-state index contributed by atoms with van der Waals surface area (Å²) in [6, 6.07) is 9.16. The first-order valence-corrected chi connectivity index (χ1v) is 7.14. The third kappa shape index (κ3) is 4.24. The van der Waals surface area contributed by atoms with E-state index >= 15 is 0 Å². The Morgan fingerprint density at radius 3 is 3.05 bits per heavy atom. The number of nitrogens with one attached hydrogen (secondary N) is 2. The lowest BCUT2D eigenvalue weighted by Crippen LogP contribution is -2.32. The van der Waals surface area contributed by atoms with E-state index in [1.54, 1.807) is 19.2 Å². The van der Waals surface area contributed by atoms with Crippen LogP contribution in [0, 0.1) is 11.3 Å². The zero-order valence-electron chi connectivity index (χ0n) is 12.5. The topological polar surface area (TPSA) is 83.4 Å². The summed E-state index contributed by atoms with van der Waals surface area (Å²) in [6.45, 7) is 1.16. The van der Waals surface area contributed by atoms with Gasteiger partial charge >= 0.3 is 0 Å². The van der Waals surface area contributed by atoms with Crippen molar-refractivity contribution in [2.45, 2.75) is 18.9 Å². The lowest BCUT2D eigenvalue weighted by molar-refractivity contribution is -0.117. The van der Waals surface area contributed by atoms with Gasteiger partial charge in [0.05, 0.1) is 18.9 Å². The third-order valence-corrected chi connectivity index (χ3v) is 3.36. The minimum Gasteiger partial charge on any atom is -0.495 e. The van der Waals surface area contributed by atoms with Gasteiger partial charge in [-0.05, 0) is 25.0 Å². The molecule has 0 aliphatic carbocycles. The summed E-state index contributed by atoms with van der Waals surface area (Å²) < 4.78 is 10.6. The zero-order chi connectivity index (χ0) is 15.8. The number of ether oxygens (including phenoxy) is 2. The summed E-state index contributed by atoms with van der Waals surface area (Å²) in [5, 5.41) is 14.7. The molecule has 22 heavy (non-hydrogen) atoms. The molecule has 0 bridgehead atoms. The molecule has 2 rings (SSSR count). The fourth-order valence-electron chi connectivity index (χ4n) is 2.17. The number of rotatable bonds is 6. The molecule has 1 fully saturated rings. The smallest absolute Gasteiger partial charge is 0.263 e. The molecule has 116 valence electrons. The van der Waals surface area contributed by atoms with Crippen molar-refractivity contribution >= 4 is 11.6 Å². The fraction of sp³-hybridized carbons (Fsp3) is 0.375. The SMILES string of the molecule is COc1ccccc1N/C=C(/C#N)C(=O)NCC1CCCO1. The fourth-order valence-corrected chi connectivity index (χ4v) is 2.17. The van der Waals surface area contributed by atoms with Crippen molar-refractivity contribution in [2.75, 3.05) is 25.6 Å². The number of nitriles is 1. The molecule has 1 atom stereocenters. The minimum absolute atomic E-state index is 0.00361. The Morgan fingerprint density at radius 2 is 2.36 bits per heavy atom. The maximum absolute atomic E-state index is 12.0. The van der Waals surface area contributed by atoms with Crippen molar-refractivity contribution < 1.29 is 14.3 Å². The van der Waals surface area contributed by atoms with Gasteiger partial charge in [-0.2, -0.15) is 5.26 Å². The predicted molar refractivity (Wildman–Crippen MR) is 82.3 cm³/mol. The second-order valence-corrected chi connectivity index (χ2v) is 4.86. The average Bonchev–Trinajstić information content (AvgIpc) is 3.07. The van der Waals surface area contributed by atoms with Gasteiger partial charge in [0.2, 0.25) is 0 Å². The molecule has 1 heterocycles. The maximum Gasteiger partial charge on any atom is 0.263 e. The second-order valence-electron chi connectivity index (χ2n) is 4.86. The maximum atomic E-state index is 12.0. The normalized spacial score (nSPS) is 17.6. The Hall–Kier alpha value is -2.52. The summed E-state index contributed by atoms with van der Waals surface area (Å²) in [5.74, 6) is 0.219. The summed E-state index contributed by atoms with van der Waals surface area (Å²) in [4.78, 5) is 12.0. The first-order valence-electron chi connectivity index (χ1n) is 7.14. The van der Waals surface area contributed by atoms with E-state index in [2.05, 4.69) is 10.6 Å². The highest BCUT2D eigenvalue weighted by atomic mass is 16.5. The van der Waals surface area contributed by atoms with E-state index < -0.39 is 5.91 Å². The van der Waals surface area contributed by atoms with E-state index in [1.807, 2.05) is 18.2 Å². The van der Waals surface area contributed by atoms with Crippen LogP contribution in [0.4, 0.5) is 5.69 Å². The van der Waals surface area contributed by atoms with Crippen LogP contribution in [-0.2, 0) is 9.53 Å². The van der Waals surface area contributed by atoms with E-state index in [9.17, 15) is 4.79 Å². The lowest BCUT2D eigenvalue weighted by atomic mass is 10.2. The van der Waals surface area contributed by atoms with Gasteiger partial charge in [-0.15, -0.1) is 0 Å². The molecule has 0 aromatic heterocycles. The van der Waals surface area contributed by atoms with Crippen LogP contribution in [0.5, 0.6) is 5.75 Å². The standard InChI is InChI=1S/C16H19N3O3/c1-21-15-7-3-2-6-14(15)18-10-12(9-17)16(20)19-11-13-5-4-8-22-13/h2-3,6-7,10,13,18H,4-5,8,11H2,1H3,(H,19,20)/b12-10-. The van der Waals surface area contributed by atoms with Gasteiger partial charge < -0.3 is 20.1 Å². The highest BCUT2D eigenvalue weighted by Crippen LogP contribution is 2.23. The van der Waals surface area contributed by atoms with E-state index in [-0.39, 0.29) is 11.7 Å². The van der Waals surface area contributed by atoms with Crippen molar-refractivity contribution in [3.8, 4) is 11.8 Å². The Labute approximate surface area is 129 Å². The summed E-state index contributed by atoms with van der Waals surface area (Å²) in [5.41, 5.74) is 0.688. The molecule has 6 nitrogen and oxygen atoms in total. The van der Waals surface area contributed by atoms with Crippen LogP contribution in [-0.4, -0.2) is 32.3 Å². The molecule has 0 saturated carbocycles. The number of carbonyl (C=O) groups excluding carboxylic acids is 1. The number of nitrogens with zero attached hydrogens (tertiary/aromatic N) is 1. The Kier molecular flexibility index (Phi) is 5.81. The summed E-state index contributed by atoms with van der Waals surface area (Å²) >= 11 is 0. The second kappa shape index (κ2) is 8.05. The van der Waals surface area contributed by atoms with Crippen LogP contribution in [0.3, 0.4) is 0 Å². The van der Waals surface area contributed by atoms with Crippen LogP contribution in [0.1, 0.15) is 12.8 Å². The molecule has 6 heteroatoms. The molecule has 1 unspecified atom stereocenters. The summed E-state index contributed by atoms with van der Waals surface area (Å²) in [7, 11) is 1.56. The third-order valence-electron chi connectivity index (χ3n) is 3.36. The molecular formula is C16H19N3O3. The zero-order valence-corrected chi connectivity index (χ0v) is 12.5. The Balaban J connectivity index is 1.94. The van der Waals surface area contributed by atoms with E-state index in [1.165, 1.54) is 6.20 Å². The minimum atomic E-state index is -0.416. The van der Waals surface area contributed by atoms with Crippen molar-refractivity contribution in [1.29, 1.82) is 5.26 Å². The Morgan fingerprint density at radius 1 is 1.55 bits per heavy atom. The summed E-state index contributed by atoms with van der Waals surface area (Å²) in [6.07, 6.45) is 3.37. The number of anilines is 1. The van der Waals surface area contributed by atoms with Crippen LogP contribution < -0.4 is 15.4 Å². The molecule has 1 aliphatic heterocycles. The van der Waals surface area contributed by atoms with Gasteiger partial charge in [0.1, 0.15) is 17.4 Å². The van der Waals surface area contributed by atoms with Gasteiger partial charge in [0.15, 0.2) is 0 Å². The largest absolute Gasteiger partial charge is 0.495 e. The highest BCUT2D eigenvalue weighted by Gasteiger charge is 2.17. The van der Waals surface area contributed by atoms with Gasteiger partial charge in [0.25, 0.3) is 5.91 Å².